The van der Waals surface area contributed by atoms with Gasteiger partial charge in [-0.2, -0.15) is 13.2 Å². The number of halogens is 3. The van der Waals surface area contributed by atoms with E-state index in [0.29, 0.717) is 0 Å². The van der Waals surface area contributed by atoms with Gasteiger partial charge in [-0.05, 0) is 25.5 Å². The number of ketones is 1. The average molecular weight is 359 g/mol. The molecule has 4 nitrogen and oxygen atoms in total. The Hall–Kier alpha value is -1.89. The molecule has 0 spiro atoms. The molecule has 2 atom stereocenters. The zero-order chi connectivity index (χ0) is 19.0. The smallest absolute Gasteiger partial charge is 0.454 e. The van der Waals surface area contributed by atoms with Crippen LogP contribution in [0.15, 0.2) is 24.3 Å². The first-order valence-corrected chi connectivity index (χ1v) is 8.35. The molecule has 0 saturated carbocycles. The topological polar surface area (TPSA) is 69.4 Å². The van der Waals surface area contributed by atoms with Crippen molar-refractivity contribution in [2.75, 3.05) is 0 Å². The number of Topliss-reactive ketones (excluding diaryl/α,β-unsaturated/α-hetero) is 1. The fraction of sp³-hybridized carbons (Fsp3) is 0.556. The number of ether oxygens (including phenoxy) is 1. The summed E-state index contributed by atoms with van der Waals surface area (Å²) in [6.07, 6.45) is -0.457. The van der Waals surface area contributed by atoms with Gasteiger partial charge in [0.05, 0.1) is 5.56 Å². The number of alkyl halides is 3. The summed E-state index contributed by atoms with van der Waals surface area (Å²) < 4.78 is 42.3. The Balaban J connectivity index is 2.58. The summed E-state index contributed by atoms with van der Waals surface area (Å²) in [5.41, 5.74) is 5.54. The molecule has 0 aromatic heterocycles. The molecule has 1 rings (SSSR count). The van der Waals surface area contributed by atoms with Crippen molar-refractivity contribution in [1.82, 2.24) is 0 Å². The van der Waals surface area contributed by atoms with Crippen LogP contribution in [0.4, 0.5) is 13.2 Å². The van der Waals surface area contributed by atoms with E-state index in [0.717, 1.165) is 56.4 Å². The molecule has 0 aliphatic carbocycles. The number of nitrogens with two attached hydrogens (primary N) is 1. The maximum atomic E-state index is 12.3. The molecule has 0 fully saturated rings. The highest BCUT2D eigenvalue weighted by Gasteiger charge is 2.39. The monoisotopic (exact) mass is 359 g/mol. The SMILES string of the molecule is CCCCCCC(N)C(C)OC(=O)c1ccc(C(=O)C(F)(F)F)cc1. The maximum Gasteiger partial charge on any atom is 0.454 e. The minimum absolute atomic E-state index is 0.0729. The normalized spacial score (nSPS) is 14.0. The van der Waals surface area contributed by atoms with Crippen molar-refractivity contribution >= 4 is 11.8 Å². The van der Waals surface area contributed by atoms with Gasteiger partial charge in [0.25, 0.3) is 5.78 Å². The summed E-state index contributed by atoms with van der Waals surface area (Å²) in [5, 5.41) is 0. The van der Waals surface area contributed by atoms with Crippen LogP contribution in [0.2, 0.25) is 0 Å². The lowest BCUT2D eigenvalue weighted by Crippen LogP contribution is -2.36. The quantitative estimate of drug-likeness (QED) is 0.406. The zero-order valence-corrected chi connectivity index (χ0v) is 14.4. The van der Waals surface area contributed by atoms with Crippen molar-refractivity contribution in [3.05, 3.63) is 35.4 Å². The van der Waals surface area contributed by atoms with Gasteiger partial charge in [0.15, 0.2) is 0 Å². The van der Waals surface area contributed by atoms with E-state index in [1.165, 1.54) is 0 Å². The molecule has 0 aliphatic rings. The highest BCUT2D eigenvalue weighted by atomic mass is 19.4. The zero-order valence-electron chi connectivity index (χ0n) is 14.4. The first-order chi connectivity index (χ1) is 11.7. The van der Waals surface area contributed by atoms with Gasteiger partial charge in [0.2, 0.25) is 0 Å². The summed E-state index contributed by atoms with van der Waals surface area (Å²) in [7, 11) is 0. The number of carbonyl (C=O) groups excluding carboxylic acids is 2. The Morgan fingerprint density at radius 2 is 1.64 bits per heavy atom. The van der Waals surface area contributed by atoms with Gasteiger partial charge in [-0.15, -0.1) is 0 Å². The number of unbranched alkanes of at least 4 members (excludes halogenated alkanes) is 3. The number of esters is 1. The number of hydrogen-bond acceptors (Lipinski definition) is 4. The first-order valence-electron chi connectivity index (χ1n) is 8.35. The molecule has 0 bridgehead atoms. The third-order valence-electron chi connectivity index (χ3n) is 3.93. The lowest BCUT2D eigenvalue weighted by Gasteiger charge is -2.20. The Bertz CT molecular complexity index is 570. The number of benzene rings is 1. The third kappa shape index (κ3) is 6.86. The summed E-state index contributed by atoms with van der Waals surface area (Å²) in [5.74, 6) is -2.63. The van der Waals surface area contributed by atoms with Crippen LogP contribution < -0.4 is 5.73 Å². The van der Waals surface area contributed by atoms with Crippen molar-refractivity contribution in [2.24, 2.45) is 5.73 Å². The second-order valence-electron chi connectivity index (χ2n) is 6.03. The minimum atomic E-state index is -4.94. The Kier molecular flexibility index (Phi) is 8.09. The Labute approximate surface area is 145 Å². The molecule has 2 N–H and O–H groups in total. The van der Waals surface area contributed by atoms with Crippen molar-refractivity contribution in [2.45, 2.75) is 64.3 Å². The number of rotatable bonds is 9. The highest BCUT2D eigenvalue weighted by molar-refractivity contribution is 6.01. The van der Waals surface area contributed by atoms with Gasteiger partial charge in [0, 0.05) is 11.6 Å². The van der Waals surface area contributed by atoms with Crippen molar-refractivity contribution < 1.29 is 27.5 Å². The van der Waals surface area contributed by atoms with E-state index >= 15 is 0 Å². The standard InChI is InChI=1S/C18H24F3NO3/c1-3-4-5-6-7-15(22)12(2)25-17(24)14-10-8-13(9-11-14)16(23)18(19,20)21/h8-12,15H,3-7,22H2,1-2H3. The molecule has 0 heterocycles. The highest BCUT2D eigenvalue weighted by Crippen LogP contribution is 2.22. The van der Waals surface area contributed by atoms with E-state index < -0.39 is 29.6 Å². The predicted molar refractivity (Wildman–Crippen MR) is 88.4 cm³/mol. The number of hydrogen-bond donors (Lipinski definition) is 1. The van der Waals surface area contributed by atoms with E-state index in [1.54, 1.807) is 6.92 Å². The van der Waals surface area contributed by atoms with Crippen LogP contribution in [-0.4, -0.2) is 30.1 Å². The maximum absolute atomic E-state index is 12.3. The van der Waals surface area contributed by atoms with Crippen LogP contribution >= 0.6 is 0 Å². The van der Waals surface area contributed by atoms with Crippen molar-refractivity contribution in [3.8, 4) is 0 Å². The Morgan fingerprint density at radius 1 is 1.08 bits per heavy atom. The molecule has 7 heteroatoms. The molecule has 0 radical (unpaired) electrons. The fourth-order valence-corrected chi connectivity index (χ4v) is 2.29. The fourth-order valence-electron chi connectivity index (χ4n) is 2.29. The minimum Gasteiger partial charge on any atom is -0.457 e. The molecular formula is C18H24F3NO3. The van der Waals surface area contributed by atoms with E-state index in [2.05, 4.69) is 6.92 Å². The second kappa shape index (κ2) is 9.56. The van der Waals surface area contributed by atoms with Crippen LogP contribution in [0.3, 0.4) is 0 Å². The molecule has 2 unspecified atom stereocenters. The van der Waals surface area contributed by atoms with Gasteiger partial charge in [0.1, 0.15) is 6.10 Å². The summed E-state index contributed by atoms with van der Waals surface area (Å²) >= 11 is 0. The molecule has 0 aliphatic heterocycles. The van der Waals surface area contributed by atoms with E-state index in [-0.39, 0.29) is 11.6 Å². The molecular weight excluding hydrogens is 335 g/mol. The summed E-state index contributed by atoms with van der Waals surface area (Å²) in [4.78, 5) is 23.1. The second-order valence-corrected chi connectivity index (χ2v) is 6.03. The van der Waals surface area contributed by atoms with Crippen molar-refractivity contribution in [1.29, 1.82) is 0 Å². The van der Waals surface area contributed by atoms with Gasteiger partial charge >= 0.3 is 12.1 Å². The molecule has 1 aromatic rings. The van der Waals surface area contributed by atoms with Gasteiger partial charge in [-0.25, -0.2) is 4.79 Å². The van der Waals surface area contributed by atoms with E-state index in [9.17, 15) is 22.8 Å². The summed E-state index contributed by atoms with van der Waals surface area (Å²) in [6, 6.07) is 3.90. The first kappa shape index (κ1) is 21.2. The van der Waals surface area contributed by atoms with Crippen LogP contribution in [0.25, 0.3) is 0 Å². The molecule has 140 valence electrons. The van der Waals surface area contributed by atoms with Crippen molar-refractivity contribution in [3.63, 3.8) is 0 Å². The number of carbonyl (C=O) groups is 2. The molecule has 25 heavy (non-hydrogen) atoms. The van der Waals surface area contributed by atoms with E-state index in [1.807, 2.05) is 0 Å². The van der Waals surface area contributed by atoms with Gasteiger partial charge < -0.3 is 10.5 Å². The average Bonchev–Trinajstić information content (AvgIpc) is 2.57. The largest absolute Gasteiger partial charge is 0.457 e. The van der Waals surface area contributed by atoms with E-state index in [4.69, 9.17) is 10.5 Å². The van der Waals surface area contributed by atoms with Crippen LogP contribution in [0, 0.1) is 0 Å². The summed E-state index contributed by atoms with van der Waals surface area (Å²) in [6.45, 7) is 3.79. The van der Waals surface area contributed by atoms with Gasteiger partial charge in [-0.3, -0.25) is 4.79 Å². The molecule has 1 aromatic carbocycles. The Morgan fingerprint density at radius 3 is 2.16 bits per heavy atom. The molecule has 0 saturated heterocycles. The lowest BCUT2D eigenvalue weighted by atomic mass is 10.0. The van der Waals surface area contributed by atoms with Crippen LogP contribution in [-0.2, 0) is 4.74 Å². The van der Waals surface area contributed by atoms with Crippen LogP contribution in [0.5, 0.6) is 0 Å². The van der Waals surface area contributed by atoms with Crippen LogP contribution in [0.1, 0.15) is 66.7 Å². The lowest BCUT2D eigenvalue weighted by molar-refractivity contribution is -0.0885. The molecule has 0 amide bonds. The van der Waals surface area contributed by atoms with Gasteiger partial charge in [-0.1, -0.05) is 44.7 Å². The predicted octanol–water partition coefficient (Wildman–Crippen LogP) is 4.27. The third-order valence-corrected chi connectivity index (χ3v) is 3.93.